The van der Waals surface area contributed by atoms with Gasteiger partial charge in [0.05, 0.1) is 0 Å². The predicted octanol–water partition coefficient (Wildman–Crippen LogP) is 3.42. The van der Waals surface area contributed by atoms with E-state index in [1.54, 1.807) is 0 Å². The Kier molecular flexibility index (Phi) is 4.84. The molecule has 2 rings (SSSR count). The maximum Gasteiger partial charge on any atom is 0.0469 e. The minimum atomic E-state index is 0.384. The molecule has 2 nitrogen and oxygen atoms in total. The maximum atomic E-state index is 5.88. The van der Waals surface area contributed by atoms with Crippen LogP contribution in [0.3, 0.4) is 0 Å². The standard InChI is InChI=1S/C14H20ClNO/c1-11(13-2-4-14(15)5-3-13)16-10-12-6-8-17-9-7-12/h2-5,11-12,16H,6-10H2,1H3/t11-/m1/s1. The van der Waals surface area contributed by atoms with Crippen molar-refractivity contribution in [2.75, 3.05) is 19.8 Å². The lowest BCUT2D eigenvalue weighted by atomic mass is 9.99. The van der Waals surface area contributed by atoms with Crippen molar-refractivity contribution in [1.82, 2.24) is 5.32 Å². The fourth-order valence-electron chi connectivity index (χ4n) is 2.16. The van der Waals surface area contributed by atoms with Crippen LogP contribution in [0.5, 0.6) is 0 Å². The molecule has 0 aliphatic carbocycles. The van der Waals surface area contributed by atoms with Crippen molar-refractivity contribution in [2.24, 2.45) is 5.92 Å². The van der Waals surface area contributed by atoms with Crippen LogP contribution in [0.4, 0.5) is 0 Å². The average Bonchev–Trinajstić information content (AvgIpc) is 2.38. The van der Waals surface area contributed by atoms with Crippen molar-refractivity contribution in [3.05, 3.63) is 34.9 Å². The number of hydrogen-bond donors (Lipinski definition) is 1. The first-order valence-corrected chi connectivity index (χ1v) is 6.70. The highest BCUT2D eigenvalue weighted by atomic mass is 35.5. The normalized spacial score (nSPS) is 19.2. The van der Waals surface area contributed by atoms with Crippen LogP contribution in [-0.2, 0) is 4.74 Å². The van der Waals surface area contributed by atoms with Crippen molar-refractivity contribution in [2.45, 2.75) is 25.8 Å². The highest BCUT2D eigenvalue weighted by molar-refractivity contribution is 6.30. The zero-order valence-electron chi connectivity index (χ0n) is 10.3. The van der Waals surface area contributed by atoms with Gasteiger partial charge in [-0.05, 0) is 49.9 Å². The van der Waals surface area contributed by atoms with E-state index in [-0.39, 0.29) is 0 Å². The Bertz CT molecular complexity index is 333. The van der Waals surface area contributed by atoms with Gasteiger partial charge in [0.1, 0.15) is 0 Å². The molecule has 17 heavy (non-hydrogen) atoms. The van der Waals surface area contributed by atoms with Gasteiger partial charge in [0.2, 0.25) is 0 Å². The van der Waals surface area contributed by atoms with E-state index in [0.29, 0.717) is 6.04 Å². The van der Waals surface area contributed by atoms with Gasteiger partial charge in [-0.15, -0.1) is 0 Å². The Labute approximate surface area is 108 Å². The van der Waals surface area contributed by atoms with Crippen LogP contribution >= 0.6 is 11.6 Å². The number of nitrogens with one attached hydrogen (secondary N) is 1. The van der Waals surface area contributed by atoms with Crippen LogP contribution in [0, 0.1) is 5.92 Å². The van der Waals surface area contributed by atoms with Gasteiger partial charge in [-0.3, -0.25) is 0 Å². The Morgan fingerprint density at radius 1 is 1.29 bits per heavy atom. The van der Waals surface area contributed by atoms with Gasteiger partial charge >= 0.3 is 0 Å². The molecule has 1 heterocycles. The zero-order chi connectivity index (χ0) is 12.1. The lowest BCUT2D eigenvalue weighted by Gasteiger charge is -2.24. The number of halogens is 1. The fourth-order valence-corrected chi connectivity index (χ4v) is 2.29. The highest BCUT2D eigenvalue weighted by Crippen LogP contribution is 2.18. The van der Waals surface area contributed by atoms with Crippen LogP contribution in [0.2, 0.25) is 5.02 Å². The molecule has 0 saturated carbocycles. The molecular weight excluding hydrogens is 234 g/mol. The largest absolute Gasteiger partial charge is 0.381 e. The minimum Gasteiger partial charge on any atom is -0.381 e. The molecule has 1 fully saturated rings. The second kappa shape index (κ2) is 6.39. The summed E-state index contributed by atoms with van der Waals surface area (Å²) in [6.45, 7) is 5.11. The molecule has 0 radical (unpaired) electrons. The fraction of sp³-hybridized carbons (Fsp3) is 0.571. The Morgan fingerprint density at radius 2 is 1.94 bits per heavy atom. The molecule has 1 aliphatic heterocycles. The topological polar surface area (TPSA) is 21.3 Å². The summed E-state index contributed by atoms with van der Waals surface area (Å²) in [5, 5.41) is 4.39. The summed E-state index contributed by atoms with van der Waals surface area (Å²) < 4.78 is 5.36. The molecule has 0 aromatic heterocycles. The first kappa shape index (κ1) is 12.9. The first-order chi connectivity index (χ1) is 8.25. The van der Waals surface area contributed by atoms with Crippen LogP contribution in [0.1, 0.15) is 31.4 Å². The van der Waals surface area contributed by atoms with E-state index in [1.165, 1.54) is 18.4 Å². The molecule has 1 N–H and O–H groups in total. The number of benzene rings is 1. The summed E-state index contributed by atoms with van der Waals surface area (Å²) in [6, 6.07) is 8.45. The quantitative estimate of drug-likeness (QED) is 0.888. The van der Waals surface area contributed by atoms with Crippen molar-refractivity contribution >= 4 is 11.6 Å². The smallest absolute Gasteiger partial charge is 0.0469 e. The van der Waals surface area contributed by atoms with E-state index in [0.717, 1.165) is 30.7 Å². The molecule has 1 atom stereocenters. The maximum absolute atomic E-state index is 5.88. The lowest BCUT2D eigenvalue weighted by Crippen LogP contribution is -2.29. The van der Waals surface area contributed by atoms with E-state index < -0.39 is 0 Å². The van der Waals surface area contributed by atoms with E-state index in [1.807, 2.05) is 12.1 Å². The molecule has 0 unspecified atom stereocenters. The second-order valence-corrected chi connectivity index (χ2v) is 5.17. The highest BCUT2D eigenvalue weighted by Gasteiger charge is 2.14. The minimum absolute atomic E-state index is 0.384. The van der Waals surface area contributed by atoms with Crippen LogP contribution in [0.15, 0.2) is 24.3 Å². The summed E-state index contributed by atoms with van der Waals surface area (Å²) in [5.74, 6) is 0.763. The third-order valence-electron chi connectivity index (χ3n) is 3.42. The summed E-state index contributed by atoms with van der Waals surface area (Å²) in [7, 11) is 0. The lowest BCUT2D eigenvalue weighted by molar-refractivity contribution is 0.0656. The molecule has 1 aliphatic rings. The Morgan fingerprint density at radius 3 is 2.59 bits per heavy atom. The monoisotopic (exact) mass is 253 g/mol. The Balaban J connectivity index is 1.80. The first-order valence-electron chi connectivity index (χ1n) is 6.32. The van der Waals surface area contributed by atoms with E-state index in [4.69, 9.17) is 16.3 Å². The van der Waals surface area contributed by atoms with Gasteiger partial charge in [0, 0.05) is 24.3 Å². The SMILES string of the molecule is C[C@@H](NCC1CCOCC1)c1ccc(Cl)cc1. The van der Waals surface area contributed by atoms with E-state index >= 15 is 0 Å². The van der Waals surface area contributed by atoms with Gasteiger partial charge in [-0.1, -0.05) is 23.7 Å². The third kappa shape index (κ3) is 3.98. The summed E-state index contributed by atoms with van der Waals surface area (Å²) in [4.78, 5) is 0. The Hall–Kier alpha value is -0.570. The van der Waals surface area contributed by atoms with Crippen molar-refractivity contribution in [3.8, 4) is 0 Å². The molecule has 0 amide bonds. The van der Waals surface area contributed by atoms with Crippen LogP contribution in [0.25, 0.3) is 0 Å². The summed E-state index contributed by atoms with van der Waals surface area (Å²) in [5.41, 5.74) is 1.29. The summed E-state index contributed by atoms with van der Waals surface area (Å²) >= 11 is 5.88. The molecule has 0 bridgehead atoms. The number of hydrogen-bond acceptors (Lipinski definition) is 2. The number of ether oxygens (including phenoxy) is 1. The molecule has 1 aromatic carbocycles. The molecule has 3 heteroatoms. The van der Waals surface area contributed by atoms with Gasteiger partial charge < -0.3 is 10.1 Å². The predicted molar refractivity (Wildman–Crippen MR) is 71.4 cm³/mol. The van der Waals surface area contributed by atoms with E-state index in [9.17, 15) is 0 Å². The second-order valence-electron chi connectivity index (χ2n) is 4.74. The molecule has 1 saturated heterocycles. The molecule has 94 valence electrons. The van der Waals surface area contributed by atoms with Crippen molar-refractivity contribution in [1.29, 1.82) is 0 Å². The number of rotatable bonds is 4. The van der Waals surface area contributed by atoms with Crippen LogP contribution < -0.4 is 5.32 Å². The summed E-state index contributed by atoms with van der Waals surface area (Å²) in [6.07, 6.45) is 2.36. The molecule has 1 aromatic rings. The van der Waals surface area contributed by atoms with Crippen LogP contribution in [-0.4, -0.2) is 19.8 Å². The molecular formula is C14H20ClNO. The van der Waals surface area contributed by atoms with Crippen molar-refractivity contribution in [3.63, 3.8) is 0 Å². The van der Waals surface area contributed by atoms with Gasteiger partial charge in [-0.25, -0.2) is 0 Å². The third-order valence-corrected chi connectivity index (χ3v) is 3.68. The zero-order valence-corrected chi connectivity index (χ0v) is 11.0. The molecule has 0 spiro atoms. The van der Waals surface area contributed by atoms with E-state index in [2.05, 4.69) is 24.4 Å². The van der Waals surface area contributed by atoms with Gasteiger partial charge in [-0.2, -0.15) is 0 Å². The average molecular weight is 254 g/mol. The van der Waals surface area contributed by atoms with Gasteiger partial charge in [0.25, 0.3) is 0 Å². The van der Waals surface area contributed by atoms with Crippen molar-refractivity contribution < 1.29 is 4.74 Å². The van der Waals surface area contributed by atoms with Gasteiger partial charge in [0.15, 0.2) is 0 Å².